The van der Waals surface area contributed by atoms with Gasteiger partial charge in [-0.2, -0.15) is 0 Å². The van der Waals surface area contributed by atoms with Crippen LogP contribution in [0.4, 0.5) is 11.6 Å². The molecular weight excluding hydrogens is 240 g/mol. The van der Waals surface area contributed by atoms with Gasteiger partial charge in [0.05, 0.1) is 0 Å². The molecule has 106 valence electrons. The van der Waals surface area contributed by atoms with Crippen molar-refractivity contribution in [2.75, 3.05) is 24.8 Å². The number of aromatic nitrogens is 2. The molecule has 0 saturated heterocycles. The van der Waals surface area contributed by atoms with Gasteiger partial charge in [-0.3, -0.25) is 0 Å². The molecule has 1 fully saturated rings. The van der Waals surface area contributed by atoms with Crippen LogP contribution < -0.4 is 10.6 Å². The van der Waals surface area contributed by atoms with E-state index in [0.717, 1.165) is 24.0 Å². The molecule has 0 aromatic carbocycles. The van der Waals surface area contributed by atoms with Gasteiger partial charge in [0.25, 0.3) is 0 Å². The summed E-state index contributed by atoms with van der Waals surface area (Å²) in [6.45, 7) is 2.65. The molecule has 2 N–H and O–H groups in total. The first kappa shape index (κ1) is 14.1. The first-order valence-electron chi connectivity index (χ1n) is 7.06. The van der Waals surface area contributed by atoms with Crippen molar-refractivity contribution in [1.82, 2.24) is 9.97 Å². The van der Waals surface area contributed by atoms with Crippen LogP contribution >= 0.6 is 0 Å². The first-order valence-corrected chi connectivity index (χ1v) is 7.06. The number of hydrogen-bond donors (Lipinski definition) is 2. The van der Waals surface area contributed by atoms with E-state index in [1.165, 1.54) is 19.3 Å². The van der Waals surface area contributed by atoms with Gasteiger partial charge >= 0.3 is 0 Å². The molecule has 5 heteroatoms. The number of methoxy groups -OCH3 is 1. The molecule has 5 nitrogen and oxygen atoms in total. The van der Waals surface area contributed by atoms with Crippen molar-refractivity contribution in [2.24, 2.45) is 5.92 Å². The zero-order valence-corrected chi connectivity index (χ0v) is 12.1. The Balaban J connectivity index is 2.05. The molecule has 0 radical (unpaired) electrons. The summed E-state index contributed by atoms with van der Waals surface area (Å²) >= 11 is 0. The van der Waals surface area contributed by atoms with Gasteiger partial charge in [0.1, 0.15) is 18.2 Å². The van der Waals surface area contributed by atoms with E-state index in [0.29, 0.717) is 18.5 Å². The van der Waals surface area contributed by atoms with Crippen LogP contribution in [0.5, 0.6) is 0 Å². The smallest absolute Gasteiger partial charge is 0.158 e. The van der Waals surface area contributed by atoms with Crippen molar-refractivity contribution in [3.63, 3.8) is 0 Å². The molecule has 1 aliphatic carbocycles. The van der Waals surface area contributed by atoms with Gasteiger partial charge in [0, 0.05) is 26.3 Å². The average molecular weight is 264 g/mol. The maximum atomic E-state index is 5.11. The van der Waals surface area contributed by atoms with Crippen molar-refractivity contribution >= 4 is 11.6 Å². The second-order valence-corrected chi connectivity index (χ2v) is 5.17. The number of nitrogens with one attached hydrogen (secondary N) is 2. The summed E-state index contributed by atoms with van der Waals surface area (Å²) in [6.07, 6.45) is 5.14. The monoisotopic (exact) mass is 264 g/mol. The highest BCUT2D eigenvalue weighted by Gasteiger charge is 2.24. The maximum Gasteiger partial charge on any atom is 0.158 e. The van der Waals surface area contributed by atoms with Crippen LogP contribution in [0, 0.1) is 5.92 Å². The molecule has 1 unspecified atom stereocenters. The maximum absolute atomic E-state index is 5.11. The molecule has 0 amide bonds. The van der Waals surface area contributed by atoms with E-state index in [4.69, 9.17) is 4.74 Å². The summed E-state index contributed by atoms with van der Waals surface area (Å²) in [7, 11) is 3.52. The summed E-state index contributed by atoms with van der Waals surface area (Å²) in [5.74, 6) is 3.34. The number of ether oxygens (including phenoxy) is 1. The predicted molar refractivity (Wildman–Crippen MR) is 77.3 cm³/mol. The van der Waals surface area contributed by atoms with Gasteiger partial charge in [-0.1, -0.05) is 19.8 Å². The molecule has 1 aliphatic rings. The van der Waals surface area contributed by atoms with Crippen molar-refractivity contribution in [1.29, 1.82) is 0 Å². The van der Waals surface area contributed by atoms with Gasteiger partial charge in [-0.25, -0.2) is 9.97 Å². The Morgan fingerprint density at radius 3 is 2.68 bits per heavy atom. The summed E-state index contributed by atoms with van der Waals surface area (Å²) < 4.78 is 5.11. The van der Waals surface area contributed by atoms with E-state index in [2.05, 4.69) is 27.5 Å². The molecule has 1 aromatic heterocycles. The number of hydrogen-bond acceptors (Lipinski definition) is 5. The lowest BCUT2D eigenvalue weighted by molar-refractivity contribution is 0.178. The molecule has 1 aromatic rings. The summed E-state index contributed by atoms with van der Waals surface area (Å²) in [6, 6.07) is 2.46. The van der Waals surface area contributed by atoms with Gasteiger partial charge in [-0.05, 0) is 18.8 Å². The minimum Gasteiger partial charge on any atom is -0.377 e. The largest absolute Gasteiger partial charge is 0.377 e. The van der Waals surface area contributed by atoms with E-state index in [1.807, 2.05) is 13.1 Å². The molecule has 0 aliphatic heterocycles. The van der Waals surface area contributed by atoms with Gasteiger partial charge in [0.2, 0.25) is 0 Å². The Morgan fingerprint density at radius 2 is 2.11 bits per heavy atom. The topological polar surface area (TPSA) is 59.1 Å². The first-order chi connectivity index (χ1) is 9.25. The Morgan fingerprint density at radius 1 is 1.37 bits per heavy atom. The zero-order chi connectivity index (χ0) is 13.7. The van der Waals surface area contributed by atoms with Crippen LogP contribution in [0.2, 0.25) is 0 Å². The SMILES string of the molecule is CCC(CC1CC1)Nc1cc(NC)nc(COC)n1. The van der Waals surface area contributed by atoms with E-state index >= 15 is 0 Å². The minimum absolute atomic E-state index is 0.434. The average Bonchev–Trinajstić information content (AvgIpc) is 3.22. The molecular formula is C14H24N4O. The number of rotatable bonds is 8. The highest BCUT2D eigenvalue weighted by molar-refractivity contribution is 5.47. The van der Waals surface area contributed by atoms with E-state index in [9.17, 15) is 0 Å². The lowest BCUT2D eigenvalue weighted by Gasteiger charge is -2.18. The second-order valence-electron chi connectivity index (χ2n) is 5.17. The quantitative estimate of drug-likeness (QED) is 0.756. The third-order valence-corrected chi connectivity index (χ3v) is 3.46. The lowest BCUT2D eigenvalue weighted by atomic mass is 10.1. The van der Waals surface area contributed by atoms with Crippen LogP contribution in [-0.2, 0) is 11.3 Å². The summed E-state index contributed by atoms with van der Waals surface area (Å²) in [5.41, 5.74) is 0. The molecule has 1 heterocycles. The molecule has 1 atom stereocenters. The van der Waals surface area contributed by atoms with E-state index < -0.39 is 0 Å². The molecule has 0 spiro atoms. The predicted octanol–water partition coefficient (Wildman–Crippen LogP) is 2.66. The van der Waals surface area contributed by atoms with Gasteiger partial charge < -0.3 is 15.4 Å². The third-order valence-electron chi connectivity index (χ3n) is 3.46. The highest BCUT2D eigenvalue weighted by atomic mass is 16.5. The van der Waals surface area contributed by atoms with Crippen LogP contribution in [0.1, 0.15) is 38.4 Å². The normalized spacial score (nSPS) is 16.2. The zero-order valence-electron chi connectivity index (χ0n) is 12.1. The van der Waals surface area contributed by atoms with Crippen molar-refractivity contribution in [3.05, 3.63) is 11.9 Å². The van der Waals surface area contributed by atoms with Crippen LogP contribution in [0.15, 0.2) is 6.07 Å². The number of anilines is 2. The molecule has 0 bridgehead atoms. The third kappa shape index (κ3) is 4.35. The summed E-state index contributed by atoms with van der Waals surface area (Å²) in [4.78, 5) is 8.86. The Kier molecular flexibility index (Phi) is 4.96. The minimum atomic E-state index is 0.434. The van der Waals surface area contributed by atoms with Crippen molar-refractivity contribution < 1.29 is 4.74 Å². The summed E-state index contributed by atoms with van der Waals surface area (Å²) in [5, 5.41) is 6.59. The second kappa shape index (κ2) is 6.70. The van der Waals surface area contributed by atoms with E-state index in [1.54, 1.807) is 7.11 Å². The van der Waals surface area contributed by atoms with Crippen LogP contribution in [-0.4, -0.2) is 30.2 Å². The molecule has 19 heavy (non-hydrogen) atoms. The van der Waals surface area contributed by atoms with Crippen molar-refractivity contribution in [2.45, 2.75) is 45.3 Å². The van der Waals surface area contributed by atoms with Crippen LogP contribution in [0.25, 0.3) is 0 Å². The van der Waals surface area contributed by atoms with Crippen molar-refractivity contribution in [3.8, 4) is 0 Å². The fourth-order valence-electron chi connectivity index (χ4n) is 2.19. The Hall–Kier alpha value is -1.36. The number of nitrogens with zero attached hydrogens (tertiary/aromatic N) is 2. The fourth-order valence-corrected chi connectivity index (χ4v) is 2.19. The lowest BCUT2D eigenvalue weighted by Crippen LogP contribution is -2.20. The highest BCUT2D eigenvalue weighted by Crippen LogP contribution is 2.34. The fraction of sp³-hybridized carbons (Fsp3) is 0.714. The van der Waals surface area contributed by atoms with E-state index in [-0.39, 0.29) is 0 Å². The Bertz CT molecular complexity index is 406. The van der Waals surface area contributed by atoms with Crippen LogP contribution in [0.3, 0.4) is 0 Å². The molecule has 1 saturated carbocycles. The van der Waals surface area contributed by atoms with Gasteiger partial charge in [0.15, 0.2) is 5.82 Å². The Labute approximate surface area is 115 Å². The standard InChI is InChI=1S/C14H24N4O/c1-4-11(7-10-5-6-10)16-13-8-12(15-2)17-14(18-13)9-19-3/h8,10-11H,4-7,9H2,1-3H3,(H2,15,16,17,18). The van der Waals surface area contributed by atoms with Gasteiger partial charge in [-0.15, -0.1) is 0 Å². The molecule has 2 rings (SSSR count).